The summed E-state index contributed by atoms with van der Waals surface area (Å²) in [6.07, 6.45) is 1.30. The quantitative estimate of drug-likeness (QED) is 0.907. The van der Waals surface area contributed by atoms with E-state index in [1.165, 1.54) is 16.9 Å². The Morgan fingerprint density at radius 3 is 2.95 bits per heavy atom. The van der Waals surface area contributed by atoms with Crippen molar-refractivity contribution in [1.82, 2.24) is 15.0 Å². The number of carbonyl (C=O) groups is 1. The maximum atomic E-state index is 13.2. The molecule has 0 spiro atoms. The number of benzene rings is 1. The number of carboxylic acids is 1. The topological polar surface area (TPSA) is 77.2 Å². The van der Waals surface area contributed by atoms with Crippen molar-refractivity contribution in [3.8, 4) is 5.75 Å². The maximum absolute atomic E-state index is 13.2. The Balaban J connectivity index is 1.88. The van der Waals surface area contributed by atoms with Crippen molar-refractivity contribution < 1.29 is 19.0 Å². The van der Waals surface area contributed by atoms with Gasteiger partial charge < -0.3 is 9.84 Å². The molecule has 1 heterocycles. The minimum atomic E-state index is -1.14. The first-order valence-electron chi connectivity index (χ1n) is 5.27. The van der Waals surface area contributed by atoms with E-state index in [9.17, 15) is 9.18 Å². The minimum absolute atomic E-state index is 0.130. The third kappa shape index (κ3) is 3.50. The number of carboxylic acid groups (broad SMARTS) is 1. The second-order valence-electron chi connectivity index (χ2n) is 3.60. The van der Waals surface area contributed by atoms with E-state index in [0.29, 0.717) is 16.8 Å². The second kappa shape index (κ2) is 5.79. The molecule has 1 aromatic heterocycles. The summed E-state index contributed by atoms with van der Waals surface area (Å²) >= 11 is 3.04. The van der Waals surface area contributed by atoms with Gasteiger partial charge >= 0.3 is 5.97 Å². The van der Waals surface area contributed by atoms with Gasteiger partial charge in [0.05, 0.1) is 17.2 Å². The van der Waals surface area contributed by atoms with Crippen molar-refractivity contribution in [1.29, 1.82) is 0 Å². The number of aromatic nitrogens is 3. The van der Waals surface area contributed by atoms with Gasteiger partial charge in [0.15, 0.2) is 5.69 Å². The van der Waals surface area contributed by atoms with Crippen LogP contribution >= 0.6 is 15.9 Å². The molecular weight excluding hydrogens is 321 g/mol. The Morgan fingerprint density at radius 1 is 1.53 bits per heavy atom. The van der Waals surface area contributed by atoms with Gasteiger partial charge in [-0.1, -0.05) is 5.21 Å². The molecule has 0 aliphatic carbocycles. The highest BCUT2D eigenvalue weighted by Crippen LogP contribution is 2.20. The molecule has 2 aromatic rings. The lowest BCUT2D eigenvalue weighted by atomic mass is 10.3. The monoisotopic (exact) mass is 329 g/mol. The van der Waals surface area contributed by atoms with Gasteiger partial charge in [-0.3, -0.25) is 0 Å². The summed E-state index contributed by atoms with van der Waals surface area (Å²) in [6, 6.07) is 4.42. The van der Waals surface area contributed by atoms with Crippen LogP contribution in [0.3, 0.4) is 0 Å². The summed E-state index contributed by atoms with van der Waals surface area (Å²) in [5.74, 6) is -1.16. The van der Waals surface area contributed by atoms with Gasteiger partial charge in [-0.2, -0.15) is 0 Å². The molecule has 2 rings (SSSR count). The van der Waals surface area contributed by atoms with Gasteiger partial charge in [0.2, 0.25) is 0 Å². The van der Waals surface area contributed by atoms with Gasteiger partial charge in [-0.05, 0) is 28.1 Å². The largest absolute Gasteiger partial charge is 0.492 e. The van der Waals surface area contributed by atoms with Crippen LogP contribution < -0.4 is 4.74 Å². The molecule has 0 aliphatic heterocycles. The third-order valence-corrected chi connectivity index (χ3v) is 2.88. The highest BCUT2D eigenvalue weighted by atomic mass is 79.9. The summed E-state index contributed by atoms with van der Waals surface area (Å²) < 4.78 is 20.2. The highest BCUT2D eigenvalue weighted by Gasteiger charge is 2.08. The SMILES string of the molecule is O=C(O)c1cn(CCOc2ccc(Br)c(F)c2)nn1. The van der Waals surface area contributed by atoms with Gasteiger partial charge in [-0.15, -0.1) is 5.10 Å². The smallest absolute Gasteiger partial charge is 0.358 e. The number of hydrogen-bond acceptors (Lipinski definition) is 4. The molecule has 0 bridgehead atoms. The van der Waals surface area contributed by atoms with Crippen LogP contribution in [0, 0.1) is 5.82 Å². The van der Waals surface area contributed by atoms with Crippen LogP contribution in [0.25, 0.3) is 0 Å². The fourth-order valence-electron chi connectivity index (χ4n) is 1.33. The average molecular weight is 330 g/mol. The molecule has 6 nitrogen and oxygen atoms in total. The van der Waals surface area contributed by atoms with E-state index in [4.69, 9.17) is 9.84 Å². The zero-order chi connectivity index (χ0) is 13.8. The van der Waals surface area contributed by atoms with Crippen LogP contribution in [0.2, 0.25) is 0 Å². The minimum Gasteiger partial charge on any atom is -0.492 e. The van der Waals surface area contributed by atoms with Crippen molar-refractivity contribution in [3.63, 3.8) is 0 Å². The highest BCUT2D eigenvalue weighted by molar-refractivity contribution is 9.10. The second-order valence-corrected chi connectivity index (χ2v) is 4.45. The van der Waals surface area contributed by atoms with Gasteiger partial charge in [0.1, 0.15) is 18.2 Å². The lowest BCUT2D eigenvalue weighted by Crippen LogP contribution is -2.09. The molecule has 0 saturated carbocycles. The summed E-state index contributed by atoms with van der Waals surface area (Å²) in [5.41, 5.74) is -0.130. The Kier molecular flexibility index (Phi) is 4.10. The maximum Gasteiger partial charge on any atom is 0.358 e. The summed E-state index contributed by atoms with van der Waals surface area (Å²) in [4.78, 5) is 10.6. The standard InChI is InChI=1S/C11H9BrFN3O3/c12-8-2-1-7(5-9(8)13)19-4-3-16-6-10(11(17)18)14-15-16/h1-2,5-6H,3-4H2,(H,17,18). The van der Waals surface area contributed by atoms with Crippen molar-refractivity contribution in [3.05, 3.63) is 40.4 Å². The molecule has 0 amide bonds. The van der Waals surface area contributed by atoms with Crippen molar-refractivity contribution in [2.75, 3.05) is 6.61 Å². The Bertz CT molecular complexity index is 603. The number of ether oxygens (including phenoxy) is 1. The number of halogens is 2. The first-order valence-corrected chi connectivity index (χ1v) is 6.07. The normalized spacial score (nSPS) is 10.4. The van der Waals surface area contributed by atoms with Gasteiger partial charge in [-0.25, -0.2) is 13.9 Å². The van der Waals surface area contributed by atoms with E-state index < -0.39 is 11.8 Å². The molecule has 0 unspecified atom stereocenters. The molecule has 0 aliphatic rings. The predicted molar refractivity (Wildman–Crippen MR) is 66.6 cm³/mol. The molecule has 8 heteroatoms. The van der Waals surface area contributed by atoms with E-state index >= 15 is 0 Å². The molecule has 0 atom stereocenters. The zero-order valence-corrected chi connectivity index (χ0v) is 11.2. The fraction of sp³-hybridized carbons (Fsp3) is 0.182. The van der Waals surface area contributed by atoms with Crippen molar-refractivity contribution >= 4 is 21.9 Å². The summed E-state index contributed by atoms with van der Waals surface area (Å²) in [6.45, 7) is 0.543. The summed E-state index contributed by atoms with van der Waals surface area (Å²) in [5, 5.41) is 15.7. The lowest BCUT2D eigenvalue weighted by Gasteiger charge is -2.06. The van der Waals surface area contributed by atoms with E-state index in [-0.39, 0.29) is 12.3 Å². The molecule has 1 N–H and O–H groups in total. The van der Waals surface area contributed by atoms with E-state index in [1.807, 2.05) is 0 Å². The first-order chi connectivity index (χ1) is 9.06. The Hall–Kier alpha value is -1.96. The molecule has 1 aromatic carbocycles. The van der Waals surface area contributed by atoms with E-state index in [0.717, 1.165) is 0 Å². The molecule has 0 radical (unpaired) electrons. The van der Waals surface area contributed by atoms with Crippen LogP contribution in [0.15, 0.2) is 28.9 Å². The third-order valence-electron chi connectivity index (χ3n) is 2.24. The molecule has 19 heavy (non-hydrogen) atoms. The van der Waals surface area contributed by atoms with Crippen LogP contribution in [-0.2, 0) is 6.54 Å². The number of nitrogens with zero attached hydrogens (tertiary/aromatic N) is 3. The molecular formula is C11H9BrFN3O3. The number of aromatic carboxylic acids is 1. The van der Waals surface area contributed by atoms with E-state index in [2.05, 4.69) is 26.2 Å². The van der Waals surface area contributed by atoms with Crippen LogP contribution in [0.4, 0.5) is 4.39 Å². The zero-order valence-electron chi connectivity index (χ0n) is 9.58. The van der Waals surface area contributed by atoms with Crippen LogP contribution in [0.5, 0.6) is 5.75 Å². The van der Waals surface area contributed by atoms with Crippen LogP contribution in [-0.4, -0.2) is 32.7 Å². The summed E-state index contributed by atoms with van der Waals surface area (Å²) in [7, 11) is 0. The molecule has 0 saturated heterocycles. The van der Waals surface area contributed by atoms with Crippen LogP contribution in [0.1, 0.15) is 10.5 Å². The number of hydrogen-bond donors (Lipinski definition) is 1. The van der Waals surface area contributed by atoms with Crippen molar-refractivity contribution in [2.24, 2.45) is 0 Å². The average Bonchev–Trinajstić information content (AvgIpc) is 2.83. The Labute approximate surface area is 115 Å². The lowest BCUT2D eigenvalue weighted by molar-refractivity contribution is 0.0690. The Morgan fingerprint density at radius 2 is 2.32 bits per heavy atom. The van der Waals surface area contributed by atoms with E-state index in [1.54, 1.807) is 12.1 Å². The van der Waals surface area contributed by atoms with Gasteiger partial charge in [0, 0.05) is 6.07 Å². The molecule has 100 valence electrons. The van der Waals surface area contributed by atoms with Gasteiger partial charge in [0.25, 0.3) is 0 Å². The van der Waals surface area contributed by atoms with Crippen molar-refractivity contribution in [2.45, 2.75) is 6.54 Å². The number of rotatable bonds is 5. The predicted octanol–water partition coefficient (Wildman–Crippen LogP) is 1.96. The fourth-order valence-corrected chi connectivity index (χ4v) is 1.58. The first kappa shape index (κ1) is 13.5. The molecule has 0 fully saturated rings.